The van der Waals surface area contributed by atoms with Gasteiger partial charge in [0.2, 0.25) is 0 Å². The van der Waals surface area contributed by atoms with Crippen LogP contribution in [0.15, 0.2) is 60.0 Å². The van der Waals surface area contributed by atoms with Crippen LogP contribution >= 0.6 is 11.3 Å². The molecule has 23 heavy (non-hydrogen) atoms. The highest BCUT2D eigenvalue weighted by Crippen LogP contribution is 2.28. The number of ether oxygens (including phenoxy) is 1. The van der Waals surface area contributed by atoms with Crippen LogP contribution in [0, 0.1) is 0 Å². The number of anilines is 1. The maximum absolute atomic E-state index is 5.47. The lowest BCUT2D eigenvalue weighted by atomic mass is 10.1. The molecule has 0 bridgehead atoms. The summed E-state index contributed by atoms with van der Waals surface area (Å²) in [5, 5.41) is 6.48. The van der Waals surface area contributed by atoms with Crippen molar-refractivity contribution in [1.82, 2.24) is 4.98 Å². The van der Waals surface area contributed by atoms with Gasteiger partial charge in [0.25, 0.3) is 0 Å². The molecule has 0 amide bonds. The number of thiazole rings is 1. The lowest BCUT2D eigenvalue weighted by Crippen LogP contribution is -2.05. The molecule has 1 atom stereocenters. The maximum Gasteiger partial charge on any atom is 0.183 e. The van der Waals surface area contributed by atoms with Crippen LogP contribution in [0.4, 0.5) is 5.13 Å². The molecule has 0 aliphatic heterocycles. The molecule has 3 rings (SSSR count). The van der Waals surface area contributed by atoms with Crippen molar-refractivity contribution < 1.29 is 4.74 Å². The van der Waals surface area contributed by atoms with Crippen LogP contribution in [-0.2, 0) is 0 Å². The SMILES string of the molecule is CCOc1ccc(-c2csc(N[C@H](C)c3ccccc3)n2)cc1. The Labute approximate surface area is 141 Å². The molecule has 1 aromatic heterocycles. The van der Waals surface area contributed by atoms with Gasteiger partial charge in [0, 0.05) is 10.9 Å². The van der Waals surface area contributed by atoms with Gasteiger partial charge in [-0.15, -0.1) is 11.3 Å². The second-order valence-electron chi connectivity index (χ2n) is 5.27. The molecule has 0 aliphatic rings. The van der Waals surface area contributed by atoms with Crippen molar-refractivity contribution in [2.75, 3.05) is 11.9 Å². The molecule has 4 heteroatoms. The van der Waals surface area contributed by atoms with Crippen molar-refractivity contribution in [2.45, 2.75) is 19.9 Å². The Bertz CT molecular complexity index is 738. The van der Waals surface area contributed by atoms with Gasteiger partial charge in [-0.3, -0.25) is 0 Å². The van der Waals surface area contributed by atoms with E-state index in [9.17, 15) is 0 Å². The van der Waals surface area contributed by atoms with E-state index in [-0.39, 0.29) is 6.04 Å². The van der Waals surface area contributed by atoms with Gasteiger partial charge >= 0.3 is 0 Å². The highest BCUT2D eigenvalue weighted by atomic mass is 32.1. The maximum atomic E-state index is 5.47. The fourth-order valence-electron chi connectivity index (χ4n) is 2.37. The number of aromatic nitrogens is 1. The number of benzene rings is 2. The molecule has 1 heterocycles. The zero-order chi connectivity index (χ0) is 16.1. The van der Waals surface area contributed by atoms with E-state index in [1.165, 1.54) is 5.56 Å². The number of hydrogen-bond donors (Lipinski definition) is 1. The molecule has 118 valence electrons. The van der Waals surface area contributed by atoms with Gasteiger partial charge in [0.15, 0.2) is 5.13 Å². The van der Waals surface area contributed by atoms with E-state index < -0.39 is 0 Å². The van der Waals surface area contributed by atoms with E-state index in [0.29, 0.717) is 6.61 Å². The third-order valence-electron chi connectivity index (χ3n) is 3.60. The minimum Gasteiger partial charge on any atom is -0.494 e. The van der Waals surface area contributed by atoms with Crippen LogP contribution in [0.2, 0.25) is 0 Å². The predicted octanol–water partition coefficient (Wildman–Crippen LogP) is 5.38. The van der Waals surface area contributed by atoms with Crippen LogP contribution < -0.4 is 10.1 Å². The quantitative estimate of drug-likeness (QED) is 0.661. The molecule has 0 unspecified atom stereocenters. The molecule has 0 spiro atoms. The van der Waals surface area contributed by atoms with E-state index in [2.05, 4.69) is 46.9 Å². The summed E-state index contributed by atoms with van der Waals surface area (Å²) in [5.74, 6) is 0.891. The normalized spacial score (nSPS) is 11.9. The van der Waals surface area contributed by atoms with Crippen LogP contribution in [0.3, 0.4) is 0 Å². The first-order valence-corrected chi connectivity index (χ1v) is 8.64. The van der Waals surface area contributed by atoms with Crippen molar-refractivity contribution in [3.63, 3.8) is 0 Å². The zero-order valence-corrected chi connectivity index (χ0v) is 14.1. The Kier molecular flexibility index (Phi) is 4.93. The molecule has 0 fully saturated rings. The first-order valence-electron chi connectivity index (χ1n) is 7.76. The van der Waals surface area contributed by atoms with Gasteiger partial charge in [-0.1, -0.05) is 30.3 Å². The molecule has 3 aromatic rings. The molecule has 1 N–H and O–H groups in total. The van der Waals surface area contributed by atoms with Crippen LogP contribution in [0.5, 0.6) is 5.75 Å². The predicted molar refractivity (Wildman–Crippen MR) is 97.2 cm³/mol. The number of rotatable bonds is 6. The molecule has 0 radical (unpaired) electrons. The number of nitrogens with zero attached hydrogens (tertiary/aromatic N) is 1. The van der Waals surface area contributed by atoms with E-state index in [1.54, 1.807) is 11.3 Å². The summed E-state index contributed by atoms with van der Waals surface area (Å²) in [6, 6.07) is 18.7. The third kappa shape index (κ3) is 3.90. The average Bonchev–Trinajstić information content (AvgIpc) is 3.05. The van der Waals surface area contributed by atoms with Gasteiger partial charge in [-0.05, 0) is 43.7 Å². The largest absolute Gasteiger partial charge is 0.494 e. The summed E-state index contributed by atoms with van der Waals surface area (Å²) in [5.41, 5.74) is 3.34. The van der Waals surface area contributed by atoms with Crippen molar-refractivity contribution in [1.29, 1.82) is 0 Å². The summed E-state index contributed by atoms with van der Waals surface area (Å²) < 4.78 is 5.47. The van der Waals surface area contributed by atoms with Crippen molar-refractivity contribution in [3.8, 4) is 17.0 Å². The average molecular weight is 324 g/mol. The molecule has 0 saturated heterocycles. The van der Waals surface area contributed by atoms with Gasteiger partial charge < -0.3 is 10.1 Å². The fraction of sp³-hybridized carbons (Fsp3) is 0.211. The minimum atomic E-state index is 0.232. The van der Waals surface area contributed by atoms with E-state index in [4.69, 9.17) is 4.74 Å². The highest BCUT2D eigenvalue weighted by Gasteiger charge is 2.09. The van der Waals surface area contributed by atoms with E-state index in [1.807, 2.05) is 37.3 Å². The van der Waals surface area contributed by atoms with Crippen LogP contribution in [0.1, 0.15) is 25.5 Å². The van der Waals surface area contributed by atoms with Crippen molar-refractivity contribution >= 4 is 16.5 Å². The zero-order valence-electron chi connectivity index (χ0n) is 13.3. The first kappa shape index (κ1) is 15.6. The Balaban J connectivity index is 1.70. The summed E-state index contributed by atoms with van der Waals surface area (Å²) >= 11 is 1.63. The second-order valence-corrected chi connectivity index (χ2v) is 6.13. The van der Waals surface area contributed by atoms with Gasteiger partial charge in [0.05, 0.1) is 18.3 Å². The lowest BCUT2D eigenvalue weighted by molar-refractivity contribution is 0.340. The molecular formula is C19H20N2OS. The third-order valence-corrected chi connectivity index (χ3v) is 4.38. The Morgan fingerprint density at radius 2 is 1.83 bits per heavy atom. The summed E-state index contributed by atoms with van der Waals surface area (Å²) in [7, 11) is 0. The monoisotopic (exact) mass is 324 g/mol. The number of hydrogen-bond acceptors (Lipinski definition) is 4. The lowest BCUT2D eigenvalue weighted by Gasteiger charge is -2.12. The van der Waals surface area contributed by atoms with Crippen molar-refractivity contribution in [2.24, 2.45) is 0 Å². The van der Waals surface area contributed by atoms with Gasteiger partial charge in [-0.2, -0.15) is 0 Å². The minimum absolute atomic E-state index is 0.232. The Morgan fingerprint density at radius 3 is 2.52 bits per heavy atom. The summed E-state index contributed by atoms with van der Waals surface area (Å²) in [4.78, 5) is 4.69. The molecule has 0 saturated carbocycles. The molecule has 2 aromatic carbocycles. The summed E-state index contributed by atoms with van der Waals surface area (Å²) in [6.07, 6.45) is 0. The van der Waals surface area contributed by atoms with Crippen LogP contribution in [0.25, 0.3) is 11.3 Å². The fourth-order valence-corrected chi connectivity index (χ4v) is 3.18. The Morgan fingerprint density at radius 1 is 1.09 bits per heavy atom. The number of nitrogens with one attached hydrogen (secondary N) is 1. The summed E-state index contributed by atoms with van der Waals surface area (Å²) in [6.45, 7) is 4.81. The first-order chi connectivity index (χ1) is 11.3. The molecular weight excluding hydrogens is 304 g/mol. The molecule has 3 nitrogen and oxygen atoms in total. The van der Waals surface area contributed by atoms with Crippen LogP contribution in [-0.4, -0.2) is 11.6 Å². The van der Waals surface area contributed by atoms with E-state index >= 15 is 0 Å². The topological polar surface area (TPSA) is 34.1 Å². The van der Waals surface area contributed by atoms with E-state index in [0.717, 1.165) is 22.1 Å². The molecule has 0 aliphatic carbocycles. The second kappa shape index (κ2) is 7.29. The van der Waals surface area contributed by atoms with Gasteiger partial charge in [-0.25, -0.2) is 4.98 Å². The Hall–Kier alpha value is -2.33. The smallest absolute Gasteiger partial charge is 0.183 e. The standard InChI is InChI=1S/C19H20N2OS/c1-3-22-17-11-9-16(10-12-17)18-13-23-19(21-18)20-14(2)15-7-5-4-6-8-15/h4-14H,3H2,1-2H3,(H,20,21)/t14-/m1/s1. The van der Waals surface area contributed by atoms with Crippen molar-refractivity contribution in [3.05, 3.63) is 65.5 Å². The highest BCUT2D eigenvalue weighted by molar-refractivity contribution is 7.14. The van der Waals surface area contributed by atoms with Gasteiger partial charge in [0.1, 0.15) is 5.75 Å².